The minimum Gasteiger partial charge on any atom is -0.508 e. The summed E-state index contributed by atoms with van der Waals surface area (Å²) in [6.45, 7) is 0.158. The van der Waals surface area contributed by atoms with E-state index in [2.05, 4.69) is 0 Å². The lowest BCUT2D eigenvalue weighted by molar-refractivity contribution is -0.140. The smallest absolute Gasteiger partial charge is 0.295 e. The number of phenolic OH excluding ortho intramolecular Hbond substituents is 1. The first-order chi connectivity index (χ1) is 14.9. The van der Waals surface area contributed by atoms with Crippen LogP contribution in [-0.2, 0) is 16.1 Å². The second-order valence-electron chi connectivity index (χ2n) is 6.94. The van der Waals surface area contributed by atoms with Crippen LogP contribution in [0, 0.1) is 5.82 Å². The van der Waals surface area contributed by atoms with Crippen LogP contribution in [0.15, 0.2) is 65.6 Å². The number of amides is 1. The fourth-order valence-electron chi connectivity index (χ4n) is 3.63. The molecule has 6 nitrogen and oxygen atoms in total. The molecule has 2 heterocycles. The van der Waals surface area contributed by atoms with E-state index in [1.807, 2.05) is 17.5 Å². The van der Waals surface area contributed by atoms with Crippen LogP contribution >= 0.6 is 11.3 Å². The highest BCUT2D eigenvalue weighted by molar-refractivity contribution is 7.09. The molecule has 1 fully saturated rings. The van der Waals surface area contributed by atoms with Crippen LogP contribution in [0.5, 0.6) is 11.5 Å². The number of ketones is 1. The highest BCUT2D eigenvalue weighted by atomic mass is 32.1. The third kappa shape index (κ3) is 3.77. The highest BCUT2D eigenvalue weighted by Gasteiger charge is 2.46. The zero-order valence-electron chi connectivity index (χ0n) is 16.4. The van der Waals surface area contributed by atoms with Crippen LogP contribution in [0.25, 0.3) is 5.76 Å². The number of nitrogens with zero attached hydrogens (tertiary/aromatic N) is 1. The van der Waals surface area contributed by atoms with Crippen molar-refractivity contribution in [3.63, 3.8) is 0 Å². The van der Waals surface area contributed by atoms with Gasteiger partial charge in [0.2, 0.25) is 0 Å². The molecule has 1 aliphatic rings. The van der Waals surface area contributed by atoms with Crippen LogP contribution < -0.4 is 4.74 Å². The molecule has 2 N–H and O–H groups in total. The Morgan fingerprint density at radius 2 is 1.90 bits per heavy atom. The summed E-state index contributed by atoms with van der Waals surface area (Å²) in [6.07, 6.45) is 0. The van der Waals surface area contributed by atoms with Crippen molar-refractivity contribution in [3.05, 3.63) is 87.4 Å². The maximum Gasteiger partial charge on any atom is 0.295 e. The molecule has 31 heavy (non-hydrogen) atoms. The van der Waals surface area contributed by atoms with E-state index in [0.29, 0.717) is 5.56 Å². The molecule has 1 saturated heterocycles. The number of phenols is 1. The van der Waals surface area contributed by atoms with Crippen molar-refractivity contribution in [1.82, 2.24) is 4.90 Å². The number of hydrogen-bond donors (Lipinski definition) is 2. The van der Waals surface area contributed by atoms with Gasteiger partial charge in [0.15, 0.2) is 0 Å². The topological polar surface area (TPSA) is 87.1 Å². The van der Waals surface area contributed by atoms with E-state index in [0.717, 1.165) is 10.9 Å². The van der Waals surface area contributed by atoms with Crippen LogP contribution in [0.1, 0.15) is 22.0 Å². The van der Waals surface area contributed by atoms with Crippen molar-refractivity contribution in [2.45, 2.75) is 12.6 Å². The summed E-state index contributed by atoms with van der Waals surface area (Å²) in [6, 6.07) is 12.3. The number of hydrogen-bond acceptors (Lipinski definition) is 6. The molecule has 8 heteroatoms. The molecule has 1 aliphatic heterocycles. The number of aliphatic hydroxyl groups is 1. The molecular weight excluding hydrogens is 421 g/mol. The number of halogens is 1. The maximum atomic E-state index is 13.9. The number of likely N-dealkylation sites (tertiary alicyclic amines) is 1. The van der Waals surface area contributed by atoms with E-state index in [9.17, 15) is 24.2 Å². The third-order valence-electron chi connectivity index (χ3n) is 5.07. The van der Waals surface area contributed by atoms with Gasteiger partial charge in [0.25, 0.3) is 11.7 Å². The first-order valence-corrected chi connectivity index (χ1v) is 10.2. The van der Waals surface area contributed by atoms with E-state index in [-0.39, 0.29) is 29.2 Å². The van der Waals surface area contributed by atoms with E-state index >= 15 is 0 Å². The molecule has 0 radical (unpaired) electrons. The summed E-state index contributed by atoms with van der Waals surface area (Å²) in [5.41, 5.74) is 0.321. The molecule has 1 amide bonds. The largest absolute Gasteiger partial charge is 0.508 e. The van der Waals surface area contributed by atoms with Gasteiger partial charge in [0.05, 0.1) is 30.8 Å². The Balaban J connectivity index is 1.91. The SMILES string of the molecule is COc1ccc(F)cc1/C(O)=C1\C(=O)C(=O)N(Cc2cccs2)C1c1ccc(O)cc1. The van der Waals surface area contributed by atoms with E-state index in [1.165, 1.54) is 47.6 Å². The minimum atomic E-state index is -0.921. The van der Waals surface area contributed by atoms with E-state index in [1.54, 1.807) is 12.1 Å². The first kappa shape index (κ1) is 20.6. The number of Topliss-reactive ketones (excluding diaryl/α,β-unsaturated/α-hetero) is 1. The Morgan fingerprint density at radius 3 is 2.55 bits per heavy atom. The van der Waals surface area contributed by atoms with Gasteiger partial charge in [0, 0.05) is 4.88 Å². The number of aromatic hydroxyl groups is 1. The first-order valence-electron chi connectivity index (χ1n) is 9.34. The fraction of sp³-hybridized carbons (Fsp3) is 0.130. The predicted molar refractivity (Wildman–Crippen MR) is 113 cm³/mol. The van der Waals surface area contributed by atoms with Crippen molar-refractivity contribution in [1.29, 1.82) is 0 Å². The van der Waals surface area contributed by atoms with Crippen molar-refractivity contribution < 1.29 is 28.9 Å². The predicted octanol–water partition coefficient (Wildman–Crippen LogP) is 4.22. The Labute approximate surface area is 181 Å². The Morgan fingerprint density at radius 1 is 1.16 bits per heavy atom. The summed E-state index contributed by atoms with van der Waals surface area (Å²) in [7, 11) is 1.36. The average Bonchev–Trinajstić information content (AvgIpc) is 3.36. The van der Waals surface area contributed by atoms with Crippen LogP contribution in [0.4, 0.5) is 4.39 Å². The lowest BCUT2D eigenvalue weighted by Gasteiger charge is -2.25. The lowest BCUT2D eigenvalue weighted by Crippen LogP contribution is -2.28. The summed E-state index contributed by atoms with van der Waals surface area (Å²) in [5.74, 6) is -2.63. The molecule has 0 spiro atoms. The lowest BCUT2D eigenvalue weighted by atomic mass is 9.95. The standard InChI is InChI=1S/C23H18FNO5S/c1-30-18-9-6-14(24)11-17(18)21(27)19-20(13-4-7-15(26)8-5-13)25(23(29)22(19)28)12-16-3-2-10-31-16/h2-11,20,26-27H,12H2,1H3/b21-19+. The van der Waals surface area contributed by atoms with E-state index < -0.39 is 29.3 Å². The Kier molecular flexibility index (Phi) is 5.48. The quantitative estimate of drug-likeness (QED) is 0.353. The number of rotatable bonds is 5. The summed E-state index contributed by atoms with van der Waals surface area (Å²) < 4.78 is 19.1. The van der Waals surface area contributed by atoms with Gasteiger partial charge < -0.3 is 19.8 Å². The van der Waals surface area contributed by atoms with Crippen molar-refractivity contribution in [3.8, 4) is 11.5 Å². The van der Waals surface area contributed by atoms with Gasteiger partial charge in [-0.3, -0.25) is 9.59 Å². The van der Waals surface area contributed by atoms with Gasteiger partial charge in [-0.25, -0.2) is 4.39 Å². The highest BCUT2D eigenvalue weighted by Crippen LogP contribution is 2.42. The maximum absolute atomic E-state index is 13.9. The molecule has 158 valence electrons. The van der Waals surface area contributed by atoms with Gasteiger partial charge in [-0.15, -0.1) is 11.3 Å². The zero-order valence-corrected chi connectivity index (χ0v) is 17.2. The second kappa shape index (κ2) is 8.23. The van der Waals surface area contributed by atoms with Crippen molar-refractivity contribution in [2.24, 2.45) is 0 Å². The van der Waals surface area contributed by atoms with Gasteiger partial charge in [0.1, 0.15) is 23.1 Å². The van der Waals surface area contributed by atoms with Crippen LogP contribution in [0.2, 0.25) is 0 Å². The van der Waals surface area contributed by atoms with Gasteiger partial charge in [-0.2, -0.15) is 0 Å². The Hall–Kier alpha value is -3.65. The molecule has 4 rings (SSSR count). The van der Waals surface area contributed by atoms with Gasteiger partial charge in [-0.1, -0.05) is 18.2 Å². The minimum absolute atomic E-state index is 0.0192. The van der Waals surface area contributed by atoms with E-state index in [4.69, 9.17) is 4.74 Å². The molecule has 0 aliphatic carbocycles. The number of carbonyl (C=O) groups is 2. The summed E-state index contributed by atoms with van der Waals surface area (Å²) in [4.78, 5) is 28.1. The average molecular weight is 439 g/mol. The number of thiophene rings is 1. The molecule has 1 atom stereocenters. The van der Waals surface area contributed by atoms with Crippen LogP contribution in [-0.4, -0.2) is 33.9 Å². The third-order valence-corrected chi connectivity index (χ3v) is 5.93. The molecule has 0 saturated carbocycles. The number of methoxy groups -OCH3 is 1. The number of benzene rings is 2. The zero-order chi connectivity index (χ0) is 22.1. The van der Waals surface area contributed by atoms with Crippen molar-refractivity contribution >= 4 is 28.8 Å². The summed E-state index contributed by atoms with van der Waals surface area (Å²) >= 11 is 1.43. The molecule has 1 unspecified atom stereocenters. The molecule has 2 aromatic carbocycles. The second-order valence-corrected chi connectivity index (χ2v) is 7.97. The van der Waals surface area contributed by atoms with Crippen LogP contribution in [0.3, 0.4) is 0 Å². The molecule has 1 aromatic heterocycles. The van der Waals surface area contributed by atoms with Gasteiger partial charge in [-0.05, 0) is 47.3 Å². The Bertz CT molecular complexity index is 1170. The fourth-order valence-corrected chi connectivity index (χ4v) is 4.33. The molecule has 3 aromatic rings. The number of ether oxygens (including phenoxy) is 1. The van der Waals surface area contributed by atoms with Crippen molar-refractivity contribution in [2.75, 3.05) is 7.11 Å². The molecule has 0 bridgehead atoms. The number of carbonyl (C=O) groups excluding carboxylic acids is 2. The number of aliphatic hydroxyl groups excluding tert-OH is 1. The normalized spacial score (nSPS) is 17.9. The molecular formula is C23H18FNO5S. The monoisotopic (exact) mass is 439 g/mol. The summed E-state index contributed by atoms with van der Waals surface area (Å²) in [5, 5.41) is 22.6. The van der Waals surface area contributed by atoms with Gasteiger partial charge >= 0.3 is 0 Å².